The van der Waals surface area contributed by atoms with Crippen LogP contribution in [0, 0.1) is 0 Å². The van der Waals surface area contributed by atoms with Crippen LogP contribution >= 0.6 is 0 Å². The third-order valence-corrected chi connectivity index (χ3v) is 4.88. The van der Waals surface area contributed by atoms with Crippen LogP contribution in [0.25, 0.3) is 0 Å². The Kier molecular flexibility index (Phi) is 9.39. The van der Waals surface area contributed by atoms with Crippen molar-refractivity contribution in [1.29, 1.82) is 0 Å². The molecule has 9 heteroatoms. The van der Waals surface area contributed by atoms with Crippen molar-refractivity contribution in [3.63, 3.8) is 0 Å². The molecule has 3 unspecified atom stereocenters. The van der Waals surface area contributed by atoms with Crippen LogP contribution in [0.5, 0.6) is 0 Å². The Morgan fingerprint density at radius 1 is 1.27 bits per heavy atom. The van der Waals surface area contributed by atoms with E-state index in [-0.39, 0.29) is 24.1 Å². The van der Waals surface area contributed by atoms with Crippen molar-refractivity contribution >= 4 is 18.0 Å². The molecule has 9 nitrogen and oxygen atoms in total. The second kappa shape index (κ2) is 10.8. The van der Waals surface area contributed by atoms with Crippen LogP contribution in [0.2, 0.25) is 0 Å². The number of aliphatic imine (C=N–C) groups is 1. The molecule has 3 N–H and O–H groups in total. The highest BCUT2D eigenvalue weighted by Crippen LogP contribution is 2.33. The summed E-state index contributed by atoms with van der Waals surface area (Å²) < 4.78 is 11.6. The summed E-state index contributed by atoms with van der Waals surface area (Å²) in [6, 6.07) is -0.0666. The number of rotatable bonds is 7. The molecule has 0 aromatic rings. The van der Waals surface area contributed by atoms with E-state index in [2.05, 4.69) is 20.9 Å². The highest BCUT2D eigenvalue weighted by Gasteiger charge is 2.49. The molecule has 0 bridgehead atoms. The van der Waals surface area contributed by atoms with Crippen LogP contribution in [0.3, 0.4) is 0 Å². The number of hydrogen-bond donors (Lipinski definition) is 3. The monoisotopic (exact) mass is 427 g/mol. The Hall–Kier alpha value is -2.03. The fourth-order valence-electron chi connectivity index (χ4n) is 3.29. The lowest BCUT2D eigenvalue weighted by molar-refractivity contribution is -0.121. The highest BCUT2D eigenvalue weighted by molar-refractivity contribution is 5.81. The highest BCUT2D eigenvalue weighted by atomic mass is 16.6. The van der Waals surface area contributed by atoms with Gasteiger partial charge in [-0.05, 0) is 54.9 Å². The number of carbonyl (C=O) groups excluding carboxylic acids is 2. The lowest BCUT2D eigenvalue weighted by Gasteiger charge is -2.35. The lowest BCUT2D eigenvalue weighted by Crippen LogP contribution is -2.54. The third kappa shape index (κ3) is 8.01. The fourth-order valence-corrected chi connectivity index (χ4v) is 3.29. The van der Waals surface area contributed by atoms with Gasteiger partial charge in [0.25, 0.3) is 0 Å². The largest absolute Gasteiger partial charge is 0.444 e. The van der Waals surface area contributed by atoms with Crippen LogP contribution in [0.1, 0.15) is 68.2 Å². The summed E-state index contributed by atoms with van der Waals surface area (Å²) in [7, 11) is 1.67. The minimum atomic E-state index is -0.779. The van der Waals surface area contributed by atoms with Gasteiger partial charge in [-0.15, -0.1) is 0 Å². The van der Waals surface area contributed by atoms with Gasteiger partial charge in [-0.1, -0.05) is 6.92 Å². The summed E-state index contributed by atoms with van der Waals surface area (Å²) in [5, 5.41) is 9.30. The van der Waals surface area contributed by atoms with Crippen molar-refractivity contribution in [3.8, 4) is 0 Å². The van der Waals surface area contributed by atoms with Crippen LogP contribution in [-0.4, -0.2) is 72.5 Å². The smallest absolute Gasteiger partial charge is 0.412 e. The Balaban J connectivity index is 2.65. The van der Waals surface area contributed by atoms with E-state index < -0.39 is 17.4 Å². The summed E-state index contributed by atoms with van der Waals surface area (Å²) in [6.07, 6.45) is 0.660. The van der Waals surface area contributed by atoms with Crippen LogP contribution < -0.4 is 16.0 Å². The fraction of sp³-hybridized carbons (Fsp3) is 0.857. The Bertz CT molecular complexity index is 615. The molecule has 0 aliphatic carbocycles. The van der Waals surface area contributed by atoms with Crippen molar-refractivity contribution in [2.45, 2.75) is 97.7 Å². The maximum absolute atomic E-state index is 12.8. The average molecular weight is 428 g/mol. The van der Waals surface area contributed by atoms with E-state index in [1.54, 1.807) is 11.9 Å². The van der Waals surface area contributed by atoms with Gasteiger partial charge in [-0.3, -0.25) is 14.7 Å². The minimum Gasteiger partial charge on any atom is -0.444 e. The SMILES string of the molecule is CCC(C)NC(=O)CCNC(=NC)NCC1C(C)OC(C)(C)N1C(=O)OC(C)(C)C. The summed E-state index contributed by atoms with van der Waals surface area (Å²) in [5.74, 6) is 0.565. The number of amides is 2. The standard InChI is InChI=1S/C21H41N5O4/c1-10-14(2)25-17(27)11-12-23-18(22-9)24-13-16-15(3)29-21(7,8)26(16)19(28)30-20(4,5)6/h14-16H,10-13H2,1-9H3,(H,25,27)(H2,22,23,24). The molecule has 1 aliphatic rings. The first-order valence-corrected chi connectivity index (χ1v) is 10.7. The number of ether oxygens (including phenoxy) is 2. The van der Waals surface area contributed by atoms with Crippen LogP contribution in [-0.2, 0) is 14.3 Å². The van der Waals surface area contributed by atoms with Gasteiger partial charge in [-0.2, -0.15) is 0 Å². The average Bonchev–Trinajstić information content (AvgIpc) is 2.84. The molecule has 3 atom stereocenters. The van der Waals surface area contributed by atoms with Crippen LogP contribution in [0.15, 0.2) is 4.99 Å². The summed E-state index contributed by atoms with van der Waals surface area (Å²) in [6.45, 7) is 16.1. The third-order valence-electron chi connectivity index (χ3n) is 4.88. The molecule has 0 aromatic heterocycles. The van der Waals surface area contributed by atoms with Gasteiger partial charge in [-0.25, -0.2) is 4.79 Å². The summed E-state index contributed by atoms with van der Waals surface area (Å²) in [5.41, 5.74) is -1.37. The topological polar surface area (TPSA) is 104 Å². The molecule has 1 aliphatic heterocycles. The van der Waals surface area contributed by atoms with E-state index in [1.807, 2.05) is 55.4 Å². The number of guanidine groups is 1. The molecule has 0 radical (unpaired) electrons. The van der Waals surface area contributed by atoms with E-state index in [0.717, 1.165) is 6.42 Å². The summed E-state index contributed by atoms with van der Waals surface area (Å²) in [4.78, 5) is 30.6. The first-order valence-electron chi connectivity index (χ1n) is 10.7. The van der Waals surface area contributed by atoms with Gasteiger partial charge in [0.1, 0.15) is 11.3 Å². The van der Waals surface area contributed by atoms with Crippen molar-refractivity contribution in [1.82, 2.24) is 20.9 Å². The van der Waals surface area contributed by atoms with Crippen molar-refractivity contribution in [2.75, 3.05) is 20.1 Å². The normalized spacial score (nSPS) is 22.4. The molecule has 0 saturated carbocycles. The van der Waals surface area contributed by atoms with E-state index in [9.17, 15) is 9.59 Å². The molecule has 1 fully saturated rings. The zero-order valence-electron chi connectivity index (χ0n) is 20.1. The number of hydrogen-bond acceptors (Lipinski definition) is 5. The molecule has 1 saturated heterocycles. The Labute approximate surface area is 181 Å². The maximum atomic E-state index is 12.8. The predicted octanol–water partition coefficient (Wildman–Crippen LogP) is 2.22. The Morgan fingerprint density at radius 3 is 2.43 bits per heavy atom. The van der Waals surface area contributed by atoms with Crippen molar-refractivity contribution in [3.05, 3.63) is 0 Å². The molecule has 0 spiro atoms. The van der Waals surface area contributed by atoms with Gasteiger partial charge in [0.05, 0.1) is 12.1 Å². The zero-order valence-corrected chi connectivity index (χ0v) is 20.1. The molecule has 30 heavy (non-hydrogen) atoms. The predicted molar refractivity (Wildman–Crippen MR) is 118 cm³/mol. The Morgan fingerprint density at radius 2 is 1.90 bits per heavy atom. The second-order valence-corrected chi connectivity index (χ2v) is 9.19. The van der Waals surface area contributed by atoms with Crippen molar-refractivity contribution < 1.29 is 19.1 Å². The molecule has 1 rings (SSSR count). The zero-order chi connectivity index (χ0) is 23.1. The van der Waals surface area contributed by atoms with E-state index >= 15 is 0 Å². The van der Waals surface area contributed by atoms with Gasteiger partial charge >= 0.3 is 6.09 Å². The molecule has 1 heterocycles. The lowest BCUT2D eigenvalue weighted by atomic mass is 10.1. The van der Waals surface area contributed by atoms with Crippen LogP contribution in [0.4, 0.5) is 4.79 Å². The number of carbonyl (C=O) groups is 2. The summed E-state index contributed by atoms with van der Waals surface area (Å²) >= 11 is 0. The molecule has 0 aromatic carbocycles. The van der Waals surface area contributed by atoms with E-state index in [0.29, 0.717) is 25.5 Å². The number of nitrogens with zero attached hydrogens (tertiary/aromatic N) is 2. The number of nitrogens with one attached hydrogen (secondary N) is 3. The van der Waals surface area contributed by atoms with Gasteiger partial charge in [0, 0.05) is 32.6 Å². The molecule has 2 amide bonds. The van der Waals surface area contributed by atoms with E-state index in [4.69, 9.17) is 9.47 Å². The molecule has 174 valence electrons. The first-order chi connectivity index (χ1) is 13.8. The maximum Gasteiger partial charge on any atom is 0.412 e. The van der Waals surface area contributed by atoms with Gasteiger partial charge in [0.15, 0.2) is 5.96 Å². The molecular weight excluding hydrogens is 386 g/mol. The second-order valence-electron chi connectivity index (χ2n) is 9.19. The van der Waals surface area contributed by atoms with Crippen molar-refractivity contribution in [2.24, 2.45) is 4.99 Å². The van der Waals surface area contributed by atoms with E-state index in [1.165, 1.54) is 0 Å². The minimum absolute atomic E-state index is 0.00275. The van der Waals surface area contributed by atoms with Gasteiger partial charge in [0.2, 0.25) is 5.91 Å². The van der Waals surface area contributed by atoms with Gasteiger partial charge < -0.3 is 25.4 Å². The molecular formula is C21H41N5O4. The quantitative estimate of drug-likeness (QED) is 0.425. The first kappa shape index (κ1) is 26.0.